The summed E-state index contributed by atoms with van der Waals surface area (Å²) in [4.78, 5) is 24.6. The summed E-state index contributed by atoms with van der Waals surface area (Å²) in [6, 6.07) is 18.2. The van der Waals surface area contributed by atoms with Crippen LogP contribution in [-0.4, -0.2) is 48.4 Å². The van der Waals surface area contributed by atoms with E-state index in [4.69, 9.17) is 16.3 Å². The normalized spacial score (nSPS) is 10.6. The van der Waals surface area contributed by atoms with Crippen molar-refractivity contribution in [3.05, 3.63) is 71.4 Å². The van der Waals surface area contributed by atoms with Crippen LogP contribution in [0.3, 0.4) is 0 Å². The van der Waals surface area contributed by atoms with E-state index in [-0.39, 0.29) is 12.5 Å². The maximum Gasteiger partial charge on any atom is 0.270 e. The number of carbonyl (C=O) groups is 2. The van der Waals surface area contributed by atoms with Gasteiger partial charge in [0.25, 0.3) is 5.91 Å². The molecule has 150 valence electrons. The second-order valence-electron chi connectivity index (χ2n) is 6.19. The highest BCUT2D eigenvalue weighted by atomic mass is 35.5. The fourth-order valence-corrected chi connectivity index (χ4v) is 2.80. The van der Waals surface area contributed by atoms with E-state index >= 15 is 0 Å². The molecular formula is C21H21ClN4O3. The van der Waals surface area contributed by atoms with Crippen molar-refractivity contribution < 1.29 is 14.3 Å². The molecule has 2 amide bonds. The zero-order valence-electron chi connectivity index (χ0n) is 15.9. The van der Waals surface area contributed by atoms with Crippen LogP contribution < -0.4 is 10.6 Å². The Labute approximate surface area is 173 Å². The van der Waals surface area contributed by atoms with Gasteiger partial charge in [0.15, 0.2) is 0 Å². The predicted molar refractivity (Wildman–Crippen MR) is 111 cm³/mol. The lowest BCUT2D eigenvalue weighted by Gasteiger charge is -2.08. The van der Waals surface area contributed by atoms with Crippen molar-refractivity contribution >= 4 is 23.4 Å². The third-order valence-corrected chi connectivity index (χ3v) is 4.37. The quantitative estimate of drug-likeness (QED) is 0.557. The Morgan fingerprint density at radius 2 is 1.79 bits per heavy atom. The Morgan fingerprint density at radius 1 is 1.07 bits per heavy atom. The first-order valence-corrected chi connectivity index (χ1v) is 9.41. The van der Waals surface area contributed by atoms with Crippen molar-refractivity contribution in [2.75, 3.05) is 26.8 Å². The number of amides is 2. The molecule has 0 spiro atoms. The van der Waals surface area contributed by atoms with Gasteiger partial charge in [-0.05, 0) is 30.3 Å². The first-order chi connectivity index (χ1) is 14.1. The van der Waals surface area contributed by atoms with Gasteiger partial charge in [-0.3, -0.25) is 9.59 Å². The summed E-state index contributed by atoms with van der Waals surface area (Å²) >= 11 is 5.96. The van der Waals surface area contributed by atoms with E-state index in [2.05, 4.69) is 15.7 Å². The maximum absolute atomic E-state index is 12.8. The molecule has 3 aromatic rings. The summed E-state index contributed by atoms with van der Waals surface area (Å²) in [7, 11) is 1.55. The van der Waals surface area contributed by atoms with E-state index in [1.54, 1.807) is 30.0 Å². The van der Waals surface area contributed by atoms with Crippen molar-refractivity contribution in [3.63, 3.8) is 0 Å². The first-order valence-electron chi connectivity index (χ1n) is 9.04. The van der Waals surface area contributed by atoms with Crippen molar-refractivity contribution in [1.29, 1.82) is 0 Å². The largest absolute Gasteiger partial charge is 0.383 e. The highest BCUT2D eigenvalue weighted by molar-refractivity contribution is 6.30. The van der Waals surface area contributed by atoms with Gasteiger partial charge >= 0.3 is 0 Å². The molecule has 29 heavy (non-hydrogen) atoms. The number of hydrogen-bond donors (Lipinski definition) is 2. The molecule has 0 unspecified atom stereocenters. The molecule has 0 aliphatic heterocycles. The van der Waals surface area contributed by atoms with E-state index < -0.39 is 5.91 Å². The van der Waals surface area contributed by atoms with Crippen LogP contribution in [-0.2, 0) is 9.53 Å². The number of para-hydroxylation sites is 1. The molecule has 0 aliphatic rings. The number of hydrogen-bond acceptors (Lipinski definition) is 4. The standard InChI is InChI=1S/C21H21ClN4O3/c1-29-12-11-23-20(27)14-24-21(28)19-13-18(15-7-9-16(22)10-8-15)25-26(19)17-5-3-2-4-6-17/h2-10,13H,11-12,14H2,1H3,(H,23,27)(H,24,28). The second kappa shape index (κ2) is 9.86. The monoisotopic (exact) mass is 412 g/mol. The molecule has 1 aromatic heterocycles. The zero-order valence-corrected chi connectivity index (χ0v) is 16.6. The lowest BCUT2D eigenvalue weighted by Crippen LogP contribution is -2.38. The number of carbonyl (C=O) groups excluding carboxylic acids is 2. The van der Waals surface area contributed by atoms with Crippen LogP contribution in [0.25, 0.3) is 16.9 Å². The molecule has 0 atom stereocenters. The first kappa shape index (κ1) is 20.6. The summed E-state index contributed by atoms with van der Waals surface area (Å²) in [6.45, 7) is 0.650. The second-order valence-corrected chi connectivity index (χ2v) is 6.63. The summed E-state index contributed by atoms with van der Waals surface area (Å²) in [5.74, 6) is -0.692. The van der Waals surface area contributed by atoms with E-state index in [1.165, 1.54) is 0 Å². The molecule has 0 aliphatic carbocycles. The highest BCUT2D eigenvalue weighted by Crippen LogP contribution is 2.23. The summed E-state index contributed by atoms with van der Waals surface area (Å²) < 4.78 is 6.44. The van der Waals surface area contributed by atoms with E-state index in [0.717, 1.165) is 11.3 Å². The topological polar surface area (TPSA) is 85.2 Å². The van der Waals surface area contributed by atoms with Gasteiger partial charge in [0.1, 0.15) is 5.69 Å². The lowest BCUT2D eigenvalue weighted by atomic mass is 10.1. The number of aromatic nitrogens is 2. The number of halogens is 1. The van der Waals surface area contributed by atoms with E-state index in [1.807, 2.05) is 42.5 Å². The Hall–Kier alpha value is -3.16. The van der Waals surface area contributed by atoms with Crippen LogP contribution in [0.1, 0.15) is 10.5 Å². The number of benzene rings is 2. The average molecular weight is 413 g/mol. The van der Waals surface area contributed by atoms with Gasteiger partial charge in [-0.25, -0.2) is 4.68 Å². The van der Waals surface area contributed by atoms with E-state index in [9.17, 15) is 9.59 Å². The fraction of sp³-hybridized carbons (Fsp3) is 0.190. The minimum absolute atomic E-state index is 0.140. The lowest BCUT2D eigenvalue weighted by molar-refractivity contribution is -0.120. The molecule has 0 radical (unpaired) electrons. The van der Waals surface area contributed by atoms with Crippen molar-refractivity contribution in [2.24, 2.45) is 0 Å². The molecule has 7 nitrogen and oxygen atoms in total. The molecular weight excluding hydrogens is 392 g/mol. The Kier molecular flexibility index (Phi) is 6.99. The minimum Gasteiger partial charge on any atom is -0.383 e. The summed E-state index contributed by atoms with van der Waals surface area (Å²) in [5, 5.41) is 10.5. The highest BCUT2D eigenvalue weighted by Gasteiger charge is 2.18. The molecule has 2 aromatic carbocycles. The SMILES string of the molecule is COCCNC(=O)CNC(=O)c1cc(-c2ccc(Cl)cc2)nn1-c1ccccc1. The van der Waals surface area contributed by atoms with Gasteiger partial charge in [-0.1, -0.05) is 41.9 Å². The van der Waals surface area contributed by atoms with Crippen LogP contribution in [0.15, 0.2) is 60.7 Å². The molecule has 0 fully saturated rings. The van der Waals surface area contributed by atoms with Gasteiger partial charge in [0.05, 0.1) is 24.5 Å². The number of methoxy groups -OCH3 is 1. The van der Waals surface area contributed by atoms with Gasteiger partial charge in [-0.15, -0.1) is 0 Å². The summed E-state index contributed by atoms with van der Waals surface area (Å²) in [6.07, 6.45) is 0. The Bertz CT molecular complexity index is 971. The van der Waals surface area contributed by atoms with Crippen LogP contribution in [0.2, 0.25) is 5.02 Å². The third-order valence-electron chi connectivity index (χ3n) is 4.12. The minimum atomic E-state index is -0.400. The number of nitrogens with one attached hydrogen (secondary N) is 2. The Balaban J connectivity index is 1.83. The smallest absolute Gasteiger partial charge is 0.270 e. The third kappa shape index (κ3) is 5.43. The Morgan fingerprint density at radius 3 is 2.48 bits per heavy atom. The van der Waals surface area contributed by atoms with Gasteiger partial charge in [0.2, 0.25) is 5.91 Å². The van der Waals surface area contributed by atoms with Crippen molar-refractivity contribution in [3.8, 4) is 16.9 Å². The number of nitrogens with zero attached hydrogens (tertiary/aromatic N) is 2. The summed E-state index contributed by atoms with van der Waals surface area (Å²) in [5.41, 5.74) is 2.52. The average Bonchev–Trinajstić information content (AvgIpc) is 3.19. The van der Waals surface area contributed by atoms with Crippen molar-refractivity contribution in [1.82, 2.24) is 20.4 Å². The van der Waals surface area contributed by atoms with Gasteiger partial charge < -0.3 is 15.4 Å². The van der Waals surface area contributed by atoms with Crippen LogP contribution in [0, 0.1) is 0 Å². The molecule has 3 rings (SSSR count). The van der Waals surface area contributed by atoms with Crippen LogP contribution in [0.5, 0.6) is 0 Å². The number of ether oxygens (including phenoxy) is 1. The maximum atomic E-state index is 12.8. The predicted octanol–water partition coefficient (Wildman–Crippen LogP) is 2.69. The number of rotatable bonds is 8. The zero-order chi connectivity index (χ0) is 20.6. The molecule has 0 saturated heterocycles. The van der Waals surface area contributed by atoms with Crippen LogP contribution in [0.4, 0.5) is 0 Å². The molecule has 8 heteroatoms. The van der Waals surface area contributed by atoms with Gasteiger partial charge in [0, 0.05) is 24.2 Å². The molecule has 1 heterocycles. The fourth-order valence-electron chi connectivity index (χ4n) is 2.68. The van der Waals surface area contributed by atoms with Crippen LogP contribution >= 0.6 is 11.6 Å². The van der Waals surface area contributed by atoms with E-state index in [0.29, 0.717) is 29.6 Å². The van der Waals surface area contributed by atoms with Crippen molar-refractivity contribution in [2.45, 2.75) is 0 Å². The molecule has 0 bridgehead atoms. The molecule has 0 saturated carbocycles. The van der Waals surface area contributed by atoms with Gasteiger partial charge in [-0.2, -0.15) is 5.10 Å². The molecule has 2 N–H and O–H groups in total.